The number of ketones is 1. The lowest BCUT2D eigenvalue weighted by molar-refractivity contribution is -0.124. The number of rotatable bonds is 0. The summed E-state index contributed by atoms with van der Waals surface area (Å²) in [6.45, 7) is 6.85. The lowest BCUT2D eigenvalue weighted by Gasteiger charge is -2.58. The minimum Gasteiger partial charge on any atom is -0.390 e. The van der Waals surface area contributed by atoms with Crippen LogP contribution in [-0.4, -0.2) is 16.5 Å². The molecule has 0 amide bonds. The van der Waals surface area contributed by atoms with E-state index in [1.807, 2.05) is 6.08 Å². The molecule has 4 aliphatic carbocycles. The molecule has 4 aliphatic rings. The summed E-state index contributed by atoms with van der Waals surface area (Å²) in [5.41, 5.74) is 1.32. The first-order valence-electron chi connectivity index (χ1n) is 9.24. The average molecular weight is 302 g/mol. The van der Waals surface area contributed by atoms with Crippen molar-refractivity contribution in [3.05, 3.63) is 11.6 Å². The van der Waals surface area contributed by atoms with Crippen molar-refractivity contribution in [3.8, 4) is 0 Å². The van der Waals surface area contributed by atoms with Crippen LogP contribution in [0.25, 0.3) is 0 Å². The number of carbonyl (C=O) groups excluding carboxylic acids is 1. The first-order chi connectivity index (χ1) is 10.3. The zero-order valence-electron chi connectivity index (χ0n) is 14.3. The molecule has 4 rings (SSSR count). The Morgan fingerprint density at radius 3 is 2.50 bits per heavy atom. The number of aliphatic hydroxyl groups is 1. The van der Waals surface area contributed by atoms with Crippen molar-refractivity contribution < 1.29 is 9.90 Å². The molecule has 6 atom stereocenters. The molecule has 0 aliphatic heterocycles. The van der Waals surface area contributed by atoms with E-state index in [1.54, 1.807) is 0 Å². The number of carbonyl (C=O) groups is 1. The van der Waals surface area contributed by atoms with Gasteiger partial charge in [-0.15, -0.1) is 0 Å². The van der Waals surface area contributed by atoms with Crippen molar-refractivity contribution in [1.82, 2.24) is 0 Å². The molecular weight excluding hydrogens is 272 g/mol. The largest absolute Gasteiger partial charge is 0.390 e. The molecule has 1 N–H and O–H groups in total. The maximum absolute atomic E-state index is 11.8. The highest BCUT2D eigenvalue weighted by atomic mass is 16.3. The fourth-order valence-corrected chi connectivity index (χ4v) is 6.80. The topological polar surface area (TPSA) is 37.3 Å². The Morgan fingerprint density at radius 1 is 1.00 bits per heavy atom. The van der Waals surface area contributed by atoms with Crippen LogP contribution in [0.15, 0.2) is 11.6 Å². The molecule has 3 unspecified atom stereocenters. The molecule has 3 fully saturated rings. The van der Waals surface area contributed by atoms with Gasteiger partial charge in [0.15, 0.2) is 5.78 Å². The molecule has 2 heteroatoms. The second kappa shape index (κ2) is 4.47. The van der Waals surface area contributed by atoms with Gasteiger partial charge in [0, 0.05) is 6.42 Å². The van der Waals surface area contributed by atoms with E-state index >= 15 is 0 Å². The van der Waals surface area contributed by atoms with E-state index in [0.717, 1.165) is 43.9 Å². The van der Waals surface area contributed by atoms with Crippen LogP contribution in [0.3, 0.4) is 0 Å². The Kier molecular flexibility index (Phi) is 3.03. The molecule has 0 saturated heterocycles. The van der Waals surface area contributed by atoms with Crippen molar-refractivity contribution in [2.75, 3.05) is 0 Å². The second-order valence-corrected chi connectivity index (χ2v) is 9.24. The highest BCUT2D eigenvalue weighted by Crippen LogP contribution is 2.67. The molecule has 122 valence electrons. The van der Waals surface area contributed by atoms with E-state index in [0.29, 0.717) is 11.7 Å². The zero-order valence-corrected chi connectivity index (χ0v) is 14.3. The Labute approximate surface area is 134 Å². The summed E-state index contributed by atoms with van der Waals surface area (Å²) in [6, 6.07) is 0. The summed E-state index contributed by atoms with van der Waals surface area (Å²) in [4.78, 5) is 11.8. The van der Waals surface area contributed by atoms with E-state index in [9.17, 15) is 9.90 Å². The Bertz CT molecular complexity index is 546. The van der Waals surface area contributed by atoms with E-state index in [2.05, 4.69) is 20.8 Å². The zero-order chi connectivity index (χ0) is 15.8. The lowest BCUT2D eigenvalue weighted by atomic mass is 9.46. The molecule has 0 heterocycles. The van der Waals surface area contributed by atoms with Crippen molar-refractivity contribution in [3.63, 3.8) is 0 Å². The first kappa shape index (κ1) is 14.9. The number of fused-ring (bicyclic) bond motifs is 5. The van der Waals surface area contributed by atoms with Gasteiger partial charge in [-0.05, 0) is 86.5 Å². The Balaban J connectivity index is 1.70. The lowest BCUT2D eigenvalue weighted by Crippen LogP contribution is -2.53. The SMILES string of the molecule is C[C@]12CCC(=O)C=C1CCC1C2CC[C@@]2(C)C1CC[C@]2(C)O. The van der Waals surface area contributed by atoms with Gasteiger partial charge in [-0.3, -0.25) is 4.79 Å². The maximum atomic E-state index is 11.8. The Morgan fingerprint density at radius 2 is 1.73 bits per heavy atom. The molecule has 0 aromatic carbocycles. The van der Waals surface area contributed by atoms with Gasteiger partial charge in [-0.25, -0.2) is 0 Å². The predicted molar refractivity (Wildman–Crippen MR) is 87.3 cm³/mol. The highest BCUT2D eigenvalue weighted by Gasteiger charge is 2.62. The third-order valence-electron chi connectivity index (χ3n) is 8.52. The summed E-state index contributed by atoms with van der Waals surface area (Å²) in [5.74, 6) is 2.50. The Hall–Kier alpha value is -0.630. The molecule has 0 radical (unpaired) electrons. The number of allylic oxidation sites excluding steroid dienone is 1. The molecule has 3 saturated carbocycles. The van der Waals surface area contributed by atoms with Gasteiger partial charge < -0.3 is 5.11 Å². The predicted octanol–water partition coefficient (Wildman–Crippen LogP) is 4.27. The second-order valence-electron chi connectivity index (χ2n) is 9.24. The molecule has 0 aromatic heterocycles. The minimum atomic E-state index is -0.484. The van der Waals surface area contributed by atoms with Crippen LogP contribution in [-0.2, 0) is 4.79 Å². The molecule has 0 spiro atoms. The van der Waals surface area contributed by atoms with E-state index in [4.69, 9.17) is 0 Å². The smallest absolute Gasteiger partial charge is 0.155 e. The summed E-state index contributed by atoms with van der Waals surface area (Å²) < 4.78 is 0. The van der Waals surface area contributed by atoms with Crippen LogP contribution in [0.1, 0.15) is 72.1 Å². The molecule has 0 bridgehead atoms. The summed E-state index contributed by atoms with van der Waals surface area (Å²) in [7, 11) is 0. The van der Waals surface area contributed by atoms with Crippen molar-refractivity contribution >= 4 is 5.78 Å². The van der Waals surface area contributed by atoms with Crippen LogP contribution in [0, 0.1) is 28.6 Å². The average Bonchev–Trinajstić information content (AvgIpc) is 2.70. The molecule has 22 heavy (non-hydrogen) atoms. The van der Waals surface area contributed by atoms with Crippen molar-refractivity contribution in [2.45, 2.75) is 77.7 Å². The van der Waals surface area contributed by atoms with Gasteiger partial charge >= 0.3 is 0 Å². The van der Waals surface area contributed by atoms with Crippen LogP contribution in [0.5, 0.6) is 0 Å². The molecular formula is C20H30O2. The summed E-state index contributed by atoms with van der Waals surface area (Å²) in [5, 5.41) is 10.9. The van der Waals surface area contributed by atoms with Gasteiger partial charge in [-0.2, -0.15) is 0 Å². The summed E-state index contributed by atoms with van der Waals surface area (Å²) in [6.07, 6.45) is 10.7. The van der Waals surface area contributed by atoms with Crippen LogP contribution in [0.4, 0.5) is 0 Å². The monoisotopic (exact) mass is 302 g/mol. The maximum Gasteiger partial charge on any atom is 0.155 e. The first-order valence-corrected chi connectivity index (χ1v) is 9.24. The highest BCUT2D eigenvalue weighted by molar-refractivity contribution is 5.91. The quantitative estimate of drug-likeness (QED) is 0.725. The number of hydrogen-bond acceptors (Lipinski definition) is 2. The fourth-order valence-electron chi connectivity index (χ4n) is 6.80. The van der Waals surface area contributed by atoms with Gasteiger partial charge in [0.1, 0.15) is 0 Å². The van der Waals surface area contributed by atoms with E-state index in [-0.39, 0.29) is 10.8 Å². The van der Waals surface area contributed by atoms with E-state index in [1.165, 1.54) is 24.8 Å². The van der Waals surface area contributed by atoms with Crippen LogP contribution in [0.2, 0.25) is 0 Å². The molecule has 2 nitrogen and oxygen atoms in total. The third kappa shape index (κ3) is 1.74. The fraction of sp³-hybridized carbons (Fsp3) is 0.850. The summed E-state index contributed by atoms with van der Waals surface area (Å²) >= 11 is 0. The standard InChI is InChI=1S/C20H30O2/c1-18-9-6-14(21)12-13(18)4-5-15-16(18)7-10-19(2)17(15)8-11-20(19,3)22/h12,15-17,22H,4-11H2,1-3H3/t15?,16?,17?,18-,19-,20-/m0/s1. The van der Waals surface area contributed by atoms with E-state index < -0.39 is 5.60 Å². The van der Waals surface area contributed by atoms with Crippen LogP contribution < -0.4 is 0 Å². The van der Waals surface area contributed by atoms with Gasteiger partial charge in [0.05, 0.1) is 5.60 Å². The molecule has 0 aromatic rings. The van der Waals surface area contributed by atoms with Gasteiger partial charge in [-0.1, -0.05) is 19.4 Å². The third-order valence-corrected chi connectivity index (χ3v) is 8.52. The van der Waals surface area contributed by atoms with Crippen molar-refractivity contribution in [1.29, 1.82) is 0 Å². The van der Waals surface area contributed by atoms with Gasteiger partial charge in [0.2, 0.25) is 0 Å². The number of hydrogen-bond donors (Lipinski definition) is 1. The van der Waals surface area contributed by atoms with Crippen molar-refractivity contribution in [2.24, 2.45) is 28.6 Å². The van der Waals surface area contributed by atoms with Gasteiger partial charge in [0.25, 0.3) is 0 Å². The minimum absolute atomic E-state index is 0.107. The van der Waals surface area contributed by atoms with Crippen LogP contribution >= 0.6 is 0 Å². The normalized spacial score (nSPS) is 54.3.